The minimum Gasteiger partial charge on any atom is -0.350 e. The van der Waals surface area contributed by atoms with E-state index >= 15 is 0 Å². The Labute approximate surface area is 112 Å². The lowest BCUT2D eigenvalue weighted by atomic mass is 9.88. The Bertz CT molecular complexity index is 525. The minimum absolute atomic E-state index is 0.281. The highest BCUT2D eigenvalue weighted by atomic mass is 32.2. The van der Waals surface area contributed by atoms with Gasteiger partial charge in [-0.05, 0) is 30.4 Å². The van der Waals surface area contributed by atoms with Crippen molar-refractivity contribution in [3.63, 3.8) is 0 Å². The summed E-state index contributed by atoms with van der Waals surface area (Å²) in [5.41, 5.74) is 7.86. The molecule has 0 amide bonds. The van der Waals surface area contributed by atoms with Crippen molar-refractivity contribution in [2.45, 2.75) is 43.0 Å². The maximum atomic E-state index is 6.36. The number of thioether (sulfide) groups is 1. The number of aromatic amines is 1. The molecule has 96 valence electrons. The zero-order chi connectivity index (χ0) is 12.8. The molecule has 3 rings (SSSR count). The third-order valence-electron chi connectivity index (χ3n) is 4.16. The van der Waals surface area contributed by atoms with E-state index in [-0.39, 0.29) is 11.5 Å². The molecule has 0 spiro atoms. The van der Waals surface area contributed by atoms with Crippen molar-refractivity contribution in [3.05, 3.63) is 30.3 Å². The highest BCUT2D eigenvalue weighted by Gasteiger charge is 2.39. The topological polar surface area (TPSA) is 41.8 Å². The number of hydrogen-bond acceptors (Lipinski definition) is 2. The summed E-state index contributed by atoms with van der Waals surface area (Å²) in [6, 6.07) is 10.9. The zero-order valence-electron chi connectivity index (χ0n) is 10.9. The molecule has 0 saturated heterocycles. The quantitative estimate of drug-likeness (QED) is 0.863. The van der Waals surface area contributed by atoms with Crippen molar-refractivity contribution in [1.29, 1.82) is 0 Å². The second kappa shape index (κ2) is 4.32. The highest BCUT2D eigenvalue weighted by molar-refractivity contribution is 8.00. The Balaban J connectivity index is 1.81. The van der Waals surface area contributed by atoms with Gasteiger partial charge in [0, 0.05) is 22.2 Å². The van der Waals surface area contributed by atoms with Crippen molar-refractivity contribution in [2.75, 3.05) is 0 Å². The van der Waals surface area contributed by atoms with Crippen LogP contribution in [0.4, 0.5) is 0 Å². The predicted octanol–water partition coefficient (Wildman–Crippen LogP) is 3.78. The Morgan fingerprint density at radius 1 is 1.33 bits per heavy atom. The van der Waals surface area contributed by atoms with E-state index < -0.39 is 0 Å². The van der Waals surface area contributed by atoms with E-state index in [4.69, 9.17) is 5.73 Å². The van der Waals surface area contributed by atoms with Crippen LogP contribution in [0.3, 0.4) is 0 Å². The summed E-state index contributed by atoms with van der Waals surface area (Å²) >= 11 is 1.91. The number of hydrogen-bond donors (Lipinski definition) is 2. The van der Waals surface area contributed by atoms with Crippen molar-refractivity contribution in [2.24, 2.45) is 11.1 Å². The second-order valence-electron chi connectivity index (χ2n) is 5.93. The largest absolute Gasteiger partial charge is 0.350 e. The normalized spacial score (nSPS) is 26.8. The van der Waals surface area contributed by atoms with Gasteiger partial charge in [-0.3, -0.25) is 0 Å². The number of fused-ring (bicyclic) bond motifs is 1. The Hall–Kier alpha value is -0.930. The summed E-state index contributed by atoms with van der Waals surface area (Å²) in [6.07, 6.45) is 2.44. The first-order valence-corrected chi connectivity index (χ1v) is 7.44. The van der Waals surface area contributed by atoms with E-state index in [1.54, 1.807) is 0 Å². The zero-order valence-corrected chi connectivity index (χ0v) is 11.8. The van der Waals surface area contributed by atoms with Gasteiger partial charge in [0.15, 0.2) is 0 Å². The number of rotatable bonds is 2. The molecule has 2 aromatic rings. The fraction of sp³-hybridized carbons (Fsp3) is 0.467. The van der Waals surface area contributed by atoms with Crippen LogP contribution in [0.2, 0.25) is 0 Å². The number of nitrogens with two attached hydrogens (primary N) is 1. The van der Waals surface area contributed by atoms with E-state index in [1.807, 2.05) is 11.8 Å². The number of aromatic nitrogens is 1. The van der Waals surface area contributed by atoms with Gasteiger partial charge >= 0.3 is 0 Å². The van der Waals surface area contributed by atoms with E-state index in [0.717, 1.165) is 0 Å². The van der Waals surface area contributed by atoms with Crippen molar-refractivity contribution < 1.29 is 0 Å². The van der Waals surface area contributed by atoms with Crippen LogP contribution in [-0.4, -0.2) is 16.3 Å². The van der Waals surface area contributed by atoms with Crippen molar-refractivity contribution >= 4 is 22.7 Å². The highest BCUT2D eigenvalue weighted by Crippen LogP contribution is 2.44. The smallest absolute Gasteiger partial charge is 0.0735 e. The first kappa shape index (κ1) is 12.1. The average Bonchev–Trinajstić information content (AvgIpc) is 2.85. The van der Waals surface area contributed by atoms with Gasteiger partial charge in [0.1, 0.15) is 0 Å². The fourth-order valence-corrected chi connectivity index (χ4v) is 4.21. The number of benzene rings is 1. The van der Waals surface area contributed by atoms with Gasteiger partial charge in [-0.15, -0.1) is 11.8 Å². The molecule has 1 aliphatic carbocycles. The fourth-order valence-electron chi connectivity index (χ4n) is 2.77. The SMILES string of the molecule is CC1(C)CCC(Sc2cc3ccccc3[nH]2)C1N. The molecule has 2 atom stereocenters. The first-order chi connectivity index (χ1) is 8.56. The predicted molar refractivity (Wildman–Crippen MR) is 78.9 cm³/mol. The van der Waals surface area contributed by atoms with Crippen LogP contribution in [-0.2, 0) is 0 Å². The van der Waals surface area contributed by atoms with Crippen LogP contribution in [0.25, 0.3) is 10.9 Å². The van der Waals surface area contributed by atoms with Crippen LogP contribution in [0.5, 0.6) is 0 Å². The summed E-state index contributed by atoms with van der Waals surface area (Å²) in [6.45, 7) is 4.56. The lowest BCUT2D eigenvalue weighted by molar-refractivity contribution is 0.334. The van der Waals surface area contributed by atoms with Crippen molar-refractivity contribution in [3.8, 4) is 0 Å². The molecule has 3 heteroatoms. The van der Waals surface area contributed by atoms with Gasteiger partial charge < -0.3 is 10.7 Å². The summed E-state index contributed by atoms with van der Waals surface area (Å²) in [5.74, 6) is 0. The lowest BCUT2D eigenvalue weighted by Crippen LogP contribution is -2.38. The molecule has 0 aliphatic heterocycles. The average molecular weight is 260 g/mol. The molecule has 1 aromatic carbocycles. The number of nitrogens with one attached hydrogen (secondary N) is 1. The van der Waals surface area contributed by atoms with Gasteiger partial charge in [-0.1, -0.05) is 32.0 Å². The second-order valence-corrected chi connectivity index (χ2v) is 7.21. The summed E-state index contributed by atoms with van der Waals surface area (Å²) < 4.78 is 0. The third kappa shape index (κ3) is 2.06. The molecule has 0 radical (unpaired) electrons. The monoisotopic (exact) mass is 260 g/mol. The molecule has 1 aromatic heterocycles. The molecule has 1 saturated carbocycles. The molecule has 18 heavy (non-hydrogen) atoms. The van der Waals surface area contributed by atoms with E-state index in [0.29, 0.717) is 5.25 Å². The molecular formula is C15H20N2S. The number of H-pyrrole nitrogens is 1. The van der Waals surface area contributed by atoms with Crippen LogP contribution in [0, 0.1) is 5.41 Å². The third-order valence-corrected chi connectivity index (χ3v) is 5.47. The molecule has 1 aliphatic rings. The standard InChI is InChI=1S/C15H20N2S/c1-15(2)8-7-12(14(15)16)18-13-9-10-5-3-4-6-11(10)17-13/h3-6,9,12,14,17H,7-8,16H2,1-2H3. The van der Waals surface area contributed by atoms with Crippen LogP contribution < -0.4 is 5.73 Å². The minimum atomic E-state index is 0.281. The van der Waals surface area contributed by atoms with Gasteiger partial charge in [0.2, 0.25) is 0 Å². The maximum absolute atomic E-state index is 6.36. The van der Waals surface area contributed by atoms with E-state index in [9.17, 15) is 0 Å². The first-order valence-electron chi connectivity index (χ1n) is 6.56. The van der Waals surface area contributed by atoms with E-state index in [1.165, 1.54) is 28.8 Å². The number of para-hydroxylation sites is 1. The van der Waals surface area contributed by atoms with Gasteiger partial charge in [-0.25, -0.2) is 0 Å². The van der Waals surface area contributed by atoms with E-state index in [2.05, 4.69) is 49.2 Å². The van der Waals surface area contributed by atoms with Gasteiger partial charge in [-0.2, -0.15) is 0 Å². The molecule has 1 fully saturated rings. The van der Waals surface area contributed by atoms with Crippen LogP contribution in [0.1, 0.15) is 26.7 Å². The summed E-state index contributed by atoms with van der Waals surface area (Å²) in [4.78, 5) is 3.48. The Morgan fingerprint density at radius 2 is 2.11 bits per heavy atom. The van der Waals surface area contributed by atoms with Crippen LogP contribution >= 0.6 is 11.8 Å². The van der Waals surface area contributed by atoms with Crippen molar-refractivity contribution in [1.82, 2.24) is 4.98 Å². The molecule has 2 unspecified atom stereocenters. The Kier molecular flexibility index (Phi) is 2.91. The molecule has 2 nitrogen and oxygen atoms in total. The van der Waals surface area contributed by atoms with Gasteiger partial charge in [0.05, 0.1) is 5.03 Å². The maximum Gasteiger partial charge on any atom is 0.0735 e. The molecule has 3 N–H and O–H groups in total. The Morgan fingerprint density at radius 3 is 2.78 bits per heavy atom. The van der Waals surface area contributed by atoms with Gasteiger partial charge in [0.25, 0.3) is 0 Å². The lowest BCUT2D eigenvalue weighted by Gasteiger charge is -2.26. The summed E-state index contributed by atoms with van der Waals surface area (Å²) in [7, 11) is 0. The van der Waals surface area contributed by atoms with Crippen LogP contribution in [0.15, 0.2) is 35.4 Å². The summed E-state index contributed by atoms with van der Waals surface area (Å²) in [5, 5.41) is 3.06. The molecule has 0 bridgehead atoms. The molecule has 1 heterocycles. The molecular weight excluding hydrogens is 240 g/mol.